The van der Waals surface area contributed by atoms with Gasteiger partial charge in [0.25, 0.3) is 5.91 Å². The Hall–Kier alpha value is -0.650. The van der Waals surface area contributed by atoms with Crippen LogP contribution in [0.3, 0.4) is 0 Å². The molecule has 84 valence electrons. The Morgan fingerprint density at radius 3 is 2.29 bits per heavy atom. The molecule has 0 aliphatic heterocycles. The molecule has 0 radical (unpaired) electrons. The van der Waals surface area contributed by atoms with E-state index in [0.717, 1.165) is 0 Å². The number of aliphatic hydroxyl groups is 1. The number of likely N-dealkylation sites (N-methyl/N-ethyl adjacent to an activating group) is 1. The fourth-order valence-corrected chi connectivity index (χ4v) is 1.63. The summed E-state index contributed by atoms with van der Waals surface area (Å²) < 4.78 is 0. The Morgan fingerprint density at radius 1 is 1.50 bits per heavy atom. The first-order valence-corrected chi connectivity index (χ1v) is 4.78. The van der Waals surface area contributed by atoms with Crippen LogP contribution in [0.25, 0.3) is 0 Å². The molecule has 2 atom stereocenters. The maximum absolute atomic E-state index is 11.4. The summed E-state index contributed by atoms with van der Waals surface area (Å²) in [4.78, 5) is 13.2. The van der Waals surface area contributed by atoms with Gasteiger partial charge >= 0.3 is 0 Å². The number of amides is 1. The standard InChI is InChI=1S/C9H21N3O2/c1-6(2)8(9(14)11-10)12(4)5-7(3)13/h6-8,13H,5,10H2,1-4H3,(H,11,14). The van der Waals surface area contributed by atoms with Crippen molar-refractivity contribution in [2.45, 2.75) is 32.9 Å². The second-order valence-corrected chi connectivity index (χ2v) is 3.99. The highest BCUT2D eigenvalue weighted by Crippen LogP contribution is 2.09. The lowest BCUT2D eigenvalue weighted by Gasteiger charge is -2.30. The van der Waals surface area contributed by atoms with Gasteiger partial charge < -0.3 is 5.11 Å². The second-order valence-electron chi connectivity index (χ2n) is 3.99. The van der Waals surface area contributed by atoms with E-state index in [0.29, 0.717) is 6.54 Å². The minimum absolute atomic E-state index is 0.155. The van der Waals surface area contributed by atoms with Gasteiger partial charge in [-0.25, -0.2) is 5.84 Å². The maximum Gasteiger partial charge on any atom is 0.251 e. The highest BCUT2D eigenvalue weighted by molar-refractivity contribution is 5.81. The number of nitrogens with one attached hydrogen (secondary N) is 1. The molecule has 0 aliphatic rings. The molecule has 0 fully saturated rings. The van der Waals surface area contributed by atoms with Crippen molar-refractivity contribution in [1.82, 2.24) is 10.3 Å². The van der Waals surface area contributed by atoms with Crippen LogP contribution >= 0.6 is 0 Å². The quantitative estimate of drug-likeness (QED) is 0.314. The first-order chi connectivity index (χ1) is 6.40. The molecule has 0 saturated carbocycles. The Kier molecular flexibility index (Phi) is 5.68. The molecule has 0 saturated heterocycles. The van der Waals surface area contributed by atoms with Crippen LogP contribution in [0.5, 0.6) is 0 Å². The van der Waals surface area contributed by atoms with Crippen molar-refractivity contribution in [3.05, 3.63) is 0 Å². The zero-order valence-corrected chi connectivity index (χ0v) is 9.32. The number of nitrogens with zero attached hydrogens (tertiary/aromatic N) is 1. The number of rotatable bonds is 5. The van der Waals surface area contributed by atoms with Crippen molar-refractivity contribution in [3.8, 4) is 0 Å². The summed E-state index contributed by atoms with van der Waals surface area (Å²) in [6.45, 7) is 6.03. The van der Waals surface area contributed by atoms with E-state index in [1.807, 2.05) is 13.8 Å². The Balaban J connectivity index is 4.41. The van der Waals surface area contributed by atoms with Gasteiger partial charge in [-0.1, -0.05) is 13.8 Å². The van der Waals surface area contributed by atoms with Gasteiger partial charge in [0.2, 0.25) is 0 Å². The van der Waals surface area contributed by atoms with Crippen LogP contribution in [-0.2, 0) is 4.79 Å². The number of hydrogen-bond acceptors (Lipinski definition) is 4. The number of aliphatic hydroxyl groups excluding tert-OH is 1. The van der Waals surface area contributed by atoms with Gasteiger partial charge in [-0.2, -0.15) is 0 Å². The molecule has 5 heteroatoms. The molecule has 5 nitrogen and oxygen atoms in total. The molecule has 2 unspecified atom stereocenters. The lowest BCUT2D eigenvalue weighted by Crippen LogP contribution is -2.51. The van der Waals surface area contributed by atoms with E-state index in [-0.39, 0.29) is 17.9 Å². The summed E-state index contributed by atoms with van der Waals surface area (Å²) in [5, 5.41) is 9.20. The number of nitrogens with two attached hydrogens (primary N) is 1. The van der Waals surface area contributed by atoms with Gasteiger partial charge in [0, 0.05) is 6.54 Å². The third kappa shape index (κ3) is 4.04. The molecule has 0 aromatic heterocycles. The first kappa shape index (κ1) is 13.4. The molecule has 0 rings (SSSR count). The molecule has 4 N–H and O–H groups in total. The van der Waals surface area contributed by atoms with Crippen LogP contribution < -0.4 is 11.3 Å². The SMILES string of the molecule is CC(O)CN(C)C(C(=O)NN)C(C)C. The van der Waals surface area contributed by atoms with Gasteiger partial charge in [-0.15, -0.1) is 0 Å². The van der Waals surface area contributed by atoms with Gasteiger partial charge in [0.05, 0.1) is 12.1 Å². The Morgan fingerprint density at radius 2 is 2.00 bits per heavy atom. The van der Waals surface area contributed by atoms with Crippen LogP contribution in [0.4, 0.5) is 0 Å². The topological polar surface area (TPSA) is 78.6 Å². The average molecular weight is 203 g/mol. The number of hydrazine groups is 1. The van der Waals surface area contributed by atoms with E-state index in [9.17, 15) is 9.90 Å². The van der Waals surface area contributed by atoms with Crippen molar-refractivity contribution in [3.63, 3.8) is 0 Å². The predicted molar refractivity (Wildman–Crippen MR) is 55.3 cm³/mol. The van der Waals surface area contributed by atoms with E-state index in [1.165, 1.54) is 0 Å². The fourth-order valence-electron chi connectivity index (χ4n) is 1.63. The van der Waals surface area contributed by atoms with E-state index in [4.69, 9.17) is 5.84 Å². The van der Waals surface area contributed by atoms with Crippen molar-refractivity contribution < 1.29 is 9.90 Å². The van der Waals surface area contributed by atoms with Crippen LogP contribution in [0, 0.1) is 5.92 Å². The lowest BCUT2D eigenvalue weighted by molar-refractivity contribution is -0.128. The average Bonchev–Trinajstić information content (AvgIpc) is 2.01. The summed E-state index contributed by atoms with van der Waals surface area (Å²) in [7, 11) is 1.80. The van der Waals surface area contributed by atoms with E-state index in [1.54, 1.807) is 18.9 Å². The van der Waals surface area contributed by atoms with Crippen molar-refractivity contribution in [2.75, 3.05) is 13.6 Å². The van der Waals surface area contributed by atoms with Crippen LogP contribution in [0.2, 0.25) is 0 Å². The van der Waals surface area contributed by atoms with Crippen molar-refractivity contribution >= 4 is 5.91 Å². The van der Waals surface area contributed by atoms with E-state index in [2.05, 4.69) is 5.43 Å². The van der Waals surface area contributed by atoms with Gasteiger partial charge in [0.15, 0.2) is 0 Å². The highest BCUT2D eigenvalue weighted by atomic mass is 16.3. The summed E-state index contributed by atoms with van der Waals surface area (Å²) in [6.07, 6.45) is -0.452. The Labute approximate surface area is 85.2 Å². The third-order valence-corrected chi connectivity index (χ3v) is 2.07. The first-order valence-electron chi connectivity index (χ1n) is 4.78. The van der Waals surface area contributed by atoms with Crippen molar-refractivity contribution in [2.24, 2.45) is 11.8 Å². The molecule has 0 spiro atoms. The zero-order valence-electron chi connectivity index (χ0n) is 9.32. The zero-order chi connectivity index (χ0) is 11.3. The number of hydrogen-bond donors (Lipinski definition) is 3. The molecular formula is C9H21N3O2. The second kappa shape index (κ2) is 5.95. The molecule has 0 aliphatic carbocycles. The minimum Gasteiger partial charge on any atom is -0.392 e. The Bertz CT molecular complexity index is 183. The van der Waals surface area contributed by atoms with Gasteiger partial charge in [-0.05, 0) is 19.9 Å². The lowest BCUT2D eigenvalue weighted by atomic mass is 10.0. The molecule has 1 amide bonds. The molecule has 14 heavy (non-hydrogen) atoms. The van der Waals surface area contributed by atoms with Gasteiger partial charge in [-0.3, -0.25) is 15.1 Å². The summed E-state index contributed by atoms with van der Waals surface area (Å²) >= 11 is 0. The maximum atomic E-state index is 11.4. The number of carbonyl (C=O) groups is 1. The molecule has 0 bridgehead atoms. The summed E-state index contributed by atoms with van der Waals surface area (Å²) in [5.74, 6) is 5.03. The van der Waals surface area contributed by atoms with Crippen molar-refractivity contribution in [1.29, 1.82) is 0 Å². The highest BCUT2D eigenvalue weighted by Gasteiger charge is 2.26. The fraction of sp³-hybridized carbons (Fsp3) is 0.889. The summed E-state index contributed by atoms with van der Waals surface area (Å²) in [5.41, 5.74) is 2.14. The minimum atomic E-state index is -0.452. The predicted octanol–water partition coefficient (Wildman–Crippen LogP) is -0.686. The summed E-state index contributed by atoms with van der Waals surface area (Å²) in [6, 6.07) is -0.297. The van der Waals surface area contributed by atoms with Crippen LogP contribution in [0.1, 0.15) is 20.8 Å². The smallest absolute Gasteiger partial charge is 0.251 e. The molecule has 0 aromatic rings. The monoisotopic (exact) mass is 203 g/mol. The van der Waals surface area contributed by atoms with Gasteiger partial charge in [0.1, 0.15) is 0 Å². The van der Waals surface area contributed by atoms with E-state index < -0.39 is 6.10 Å². The number of carbonyl (C=O) groups excluding carboxylic acids is 1. The molecule has 0 aromatic carbocycles. The third-order valence-electron chi connectivity index (χ3n) is 2.07. The normalized spacial score (nSPS) is 15.7. The van der Waals surface area contributed by atoms with Crippen LogP contribution in [-0.4, -0.2) is 41.7 Å². The molecule has 0 heterocycles. The largest absolute Gasteiger partial charge is 0.392 e. The molecular weight excluding hydrogens is 182 g/mol. The van der Waals surface area contributed by atoms with Crippen LogP contribution in [0.15, 0.2) is 0 Å². The van der Waals surface area contributed by atoms with E-state index >= 15 is 0 Å².